The van der Waals surface area contributed by atoms with E-state index in [9.17, 15) is 4.79 Å². The molecule has 0 saturated carbocycles. The Bertz CT molecular complexity index is 1330. The second kappa shape index (κ2) is 10.8. The standard InChI is InChI=1S/C30H30N2OS/c1-20(2)23-15-16-24(26(18-23)21(3)4)28(33)19-34-30-25-12-8-9-13-27(25)31-29(32-30)17-14-22-10-6-5-7-11-22/h5-18,20-21H,19H2,1-4H3. The fourth-order valence-electron chi connectivity index (χ4n) is 3.87. The van der Waals surface area contributed by atoms with Gasteiger partial charge in [0.25, 0.3) is 0 Å². The molecular weight excluding hydrogens is 436 g/mol. The average Bonchev–Trinajstić information content (AvgIpc) is 2.86. The van der Waals surface area contributed by atoms with Crippen molar-refractivity contribution in [2.75, 3.05) is 5.75 Å². The lowest BCUT2D eigenvalue weighted by molar-refractivity contribution is 0.102. The predicted octanol–water partition coefficient (Wildman–Crippen LogP) is 8.02. The van der Waals surface area contributed by atoms with E-state index in [0.717, 1.165) is 32.6 Å². The predicted molar refractivity (Wildman–Crippen MR) is 145 cm³/mol. The number of carbonyl (C=O) groups excluding carboxylic acids is 1. The summed E-state index contributed by atoms with van der Waals surface area (Å²) in [5.74, 6) is 1.83. The number of nitrogens with zero attached hydrogens (tertiary/aromatic N) is 2. The number of rotatable bonds is 8. The molecule has 0 atom stereocenters. The van der Waals surface area contributed by atoms with Crippen molar-refractivity contribution in [2.24, 2.45) is 0 Å². The van der Waals surface area contributed by atoms with Gasteiger partial charge in [-0.3, -0.25) is 4.79 Å². The number of hydrogen-bond acceptors (Lipinski definition) is 4. The third-order valence-corrected chi connectivity index (χ3v) is 6.81. The maximum absolute atomic E-state index is 13.3. The van der Waals surface area contributed by atoms with Crippen LogP contribution in [0.25, 0.3) is 23.1 Å². The summed E-state index contributed by atoms with van der Waals surface area (Å²) in [6, 6.07) is 24.3. The molecule has 172 valence electrons. The van der Waals surface area contributed by atoms with Gasteiger partial charge in [-0.2, -0.15) is 0 Å². The van der Waals surface area contributed by atoms with Gasteiger partial charge in [0.2, 0.25) is 0 Å². The summed E-state index contributed by atoms with van der Waals surface area (Å²) in [6.07, 6.45) is 3.93. The summed E-state index contributed by atoms with van der Waals surface area (Å²) in [6.45, 7) is 8.65. The van der Waals surface area contributed by atoms with Crippen molar-refractivity contribution >= 4 is 40.6 Å². The van der Waals surface area contributed by atoms with E-state index < -0.39 is 0 Å². The fraction of sp³-hybridized carbons (Fsp3) is 0.233. The highest BCUT2D eigenvalue weighted by molar-refractivity contribution is 8.00. The van der Waals surface area contributed by atoms with E-state index in [-0.39, 0.29) is 11.7 Å². The van der Waals surface area contributed by atoms with Crippen LogP contribution in [0, 0.1) is 0 Å². The number of aromatic nitrogens is 2. The molecule has 1 heterocycles. The van der Waals surface area contributed by atoms with Crippen molar-refractivity contribution in [2.45, 2.75) is 44.6 Å². The Hall–Kier alpha value is -3.24. The summed E-state index contributed by atoms with van der Waals surface area (Å²) >= 11 is 1.49. The van der Waals surface area contributed by atoms with E-state index in [0.29, 0.717) is 17.5 Å². The van der Waals surface area contributed by atoms with Gasteiger partial charge >= 0.3 is 0 Å². The molecule has 0 radical (unpaired) electrons. The third-order valence-electron chi connectivity index (χ3n) is 5.81. The molecule has 0 aliphatic rings. The van der Waals surface area contributed by atoms with Crippen LogP contribution in [0.5, 0.6) is 0 Å². The number of ketones is 1. The van der Waals surface area contributed by atoms with Gasteiger partial charge in [-0.05, 0) is 40.7 Å². The molecule has 4 aromatic rings. The number of carbonyl (C=O) groups is 1. The summed E-state index contributed by atoms with van der Waals surface area (Å²) in [5, 5.41) is 1.80. The van der Waals surface area contributed by atoms with Crippen molar-refractivity contribution in [3.63, 3.8) is 0 Å². The lowest BCUT2D eigenvalue weighted by Crippen LogP contribution is -2.09. The van der Waals surface area contributed by atoms with Gasteiger partial charge in [-0.15, -0.1) is 0 Å². The smallest absolute Gasteiger partial charge is 0.173 e. The first-order chi connectivity index (χ1) is 16.4. The van der Waals surface area contributed by atoms with Gasteiger partial charge < -0.3 is 0 Å². The maximum atomic E-state index is 13.3. The molecule has 0 bridgehead atoms. The van der Waals surface area contributed by atoms with Crippen LogP contribution in [0.2, 0.25) is 0 Å². The Morgan fingerprint density at radius 1 is 0.853 bits per heavy atom. The molecule has 3 aromatic carbocycles. The molecule has 3 nitrogen and oxygen atoms in total. The quantitative estimate of drug-likeness (QED) is 0.150. The zero-order valence-electron chi connectivity index (χ0n) is 20.2. The van der Waals surface area contributed by atoms with Crippen molar-refractivity contribution in [1.82, 2.24) is 9.97 Å². The maximum Gasteiger partial charge on any atom is 0.173 e. The van der Waals surface area contributed by atoms with E-state index in [2.05, 4.69) is 39.8 Å². The molecule has 1 aromatic heterocycles. The minimum atomic E-state index is 0.132. The number of fused-ring (bicyclic) bond motifs is 1. The number of benzene rings is 3. The monoisotopic (exact) mass is 466 g/mol. The molecule has 0 aliphatic carbocycles. The number of thioether (sulfide) groups is 1. The van der Waals surface area contributed by atoms with Gasteiger partial charge in [-0.25, -0.2) is 9.97 Å². The molecule has 4 rings (SSSR count). The van der Waals surface area contributed by atoms with E-state index in [1.165, 1.54) is 17.3 Å². The second-order valence-corrected chi connectivity index (χ2v) is 9.98. The highest BCUT2D eigenvalue weighted by Gasteiger charge is 2.17. The Morgan fingerprint density at radius 3 is 2.32 bits per heavy atom. The molecule has 0 spiro atoms. The zero-order valence-corrected chi connectivity index (χ0v) is 21.0. The number of para-hydroxylation sites is 1. The minimum Gasteiger partial charge on any atom is -0.293 e. The first kappa shape index (κ1) is 23.9. The topological polar surface area (TPSA) is 42.9 Å². The summed E-state index contributed by atoms with van der Waals surface area (Å²) in [7, 11) is 0. The minimum absolute atomic E-state index is 0.132. The third kappa shape index (κ3) is 5.63. The Kier molecular flexibility index (Phi) is 7.59. The first-order valence-corrected chi connectivity index (χ1v) is 12.7. The van der Waals surface area contributed by atoms with Crippen LogP contribution >= 0.6 is 11.8 Å². The summed E-state index contributed by atoms with van der Waals surface area (Å²) in [5.41, 5.74) is 5.17. The molecule has 34 heavy (non-hydrogen) atoms. The number of Topliss-reactive ketones (excluding diaryl/α,β-unsaturated/α-hetero) is 1. The van der Waals surface area contributed by atoms with E-state index in [1.807, 2.05) is 72.8 Å². The lowest BCUT2D eigenvalue weighted by Gasteiger charge is -2.16. The molecule has 0 amide bonds. The summed E-state index contributed by atoms with van der Waals surface area (Å²) < 4.78 is 0. The zero-order chi connectivity index (χ0) is 24.1. The normalized spacial score (nSPS) is 11.7. The molecule has 0 fully saturated rings. The fourth-order valence-corrected chi connectivity index (χ4v) is 4.78. The van der Waals surface area contributed by atoms with Gasteiger partial charge in [0.15, 0.2) is 11.6 Å². The van der Waals surface area contributed by atoms with Gasteiger partial charge in [0, 0.05) is 10.9 Å². The lowest BCUT2D eigenvalue weighted by atomic mass is 9.90. The van der Waals surface area contributed by atoms with Gasteiger partial charge in [0.1, 0.15) is 5.03 Å². The van der Waals surface area contributed by atoms with E-state index >= 15 is 0 Å². The average molecular weight is 467 g/mol. The molecule has 0 aliphatic heterocycles. The molecule has 0 unspecified atom stereocenters. The van der Waals surface area contributed by atoms with Crippen LogP contribution in [-0.4, -0.2) is 21.5 Å². The SMILES string of the molecule is CC(C)c1ccc(C(=O)CSc2nc(C=Cc3ccccc3)nc3ccccc23)c(C(C)C)c1. The van der Waals surface area contributed by atoms with Crippen LogP contribution in [-0.2, 0) is 0 Å². The van der Waals surface area contributed by atoms with Crippen LogP contribution in [0.15, 0.2) is 77.8 Å². The van der Waals surface area contributed by atoms with E-state index in [1.54, 1.807) is 0 Å². The van der Waals surface area contributed by atoms with Gasteiger partial charge in [0.05, 0.1) is 11.3 Å². The van der Waals surface area contributed by atoms with Crippen molar-refractivity contribution in [3.05, 3.63) is 101 Å². The highest BCUT2D eigenvalue weighted by Crippen LogP contribution is 2.29. The summed E-state index contributed by atoms with van der Waals surface area (Å²) in [4.78, 5) is 22.8. The molecule has 4 heteroatoms. The number of hydrogen-bond donors (Lipinski definition) is 0. The highest BCUT2D eigenvalue weighted by atomic mass is 32.2. The molecule has 0 N–H and O–H groups in total. The largest absolute Gasteiger partial charge is 0.293 e. The second-order valence-electron chi connectivity index (χ2n) is 9.02. The Labute approximate surface area is 206 Å². The van der Waals surface area contributed by atoms with Gasteiger partial charge in [-0.1, -0.05) is 112 Å². The molecule has 0 saturated heterocycles. The Balaban J connectivity index is 1.61. The van der Waals surface area contributed by atoms with Crippen LogP contribution in [0.1, 0.15) is 72.4 Å². The van der Waals surface area contributed by atoms with Crippen LogP contribution < -0.4 is 0 Å². The van der Waals surface area contributed by atoms with Crippen molar-refractivity contribution in [1.29, 1.82) is 0 Å². The van der Waals surface area contributed by atoms with Crippen LogP contribution in [0.3, 0.4) is 0 Å². The molecular formula is C30H30N2OS. The van der Waals surface area contributed by atoms with Crippen LogP contribution in [0.4, 0.5) is 0 Å². The van der Waals surface area contributed by atoms with Crippen molar-refractivity contribution in [3.8, 4) is 0 Å². The van der Waals surface area contributed by atoms with E-state index in [4.69, 9.17) is 9.97 Å². The first-order valence-electron chi connectivity index (χ1n) is 11.7. The Morgan fingerprint density at radius 2 is 1.59 bits per heavy atom. The van der Waals surface area contributed by atoms with Crippen molar-refractivity contribution < 1.29 is 4.79 Å².